The van der Waals surface area contributed by atoms with Crippen LogP contribution in [0.1, 0.15) is 33.0 Å². The van der Waals surface area contributed by atoms with Crippen molar-refractivity contribution in [3.63, 3.8) is 0 Å². The van der Waals surface area contributed by atoms with Crippen LogP contribution in [-0.2, 0) is 26.1 Å². The summed E-state index contributed by atoms with van der Waals surface area (Å²) in [6.07, 6.45) is 0.641. The van der Waals surface area contributed by atoms with Crippen molar-refractivity contribution in [2.24, 2.45) is 0 Å². The lowest BCUT2D eigenvalue weighted by molar-refractivity contribution is 0.0922. The van der Waals surface area contributed by atoms with Crippen molar-refractivity contribution in [3.05, 3.63) is 119 Å². The first-order valence-electron chi connectivity index (χ1n) is 12.1. The summed E-state index contributed by atoms with van der Waals surface area (Å²) in [7, 11) is 3.19. The number of hydrogen-bond donors (Lipinski definition) is 1. The van der Waals surface area contributed by atoms with Gasteiger partial charge in [-0.05, 0) is 59.5 Å². The van der Waals surface area contributed by atoms with E-state index < -0.39 is 0 Å². The van der Waals surface area contributed by atoms with Gasteiger partial charge in [-0.15, -0.1) is 0 Å². The van der Waals surface area contributed by atoms with Gasteiger partial charge < -0.3 is 19.2 Å². The van der Waals surface area contributed by atoms with E-state index in [0.717, 1.165) is 16.7 Å². The Morgan fingerprint density at radius 1 is 0.811 bits per heavy atom. The zero-order chi connectivity index (χ0) is 26.0. The number of furan rings is 1. The number of nitrogens with one attached hydrogen (secondary N) is 1. The van der Waals surface area contributed by atoms with Gasteiger partial charge >= 0.3 is 0 Å². The third-order valence-electron chi connectivity index (χ3n) is 5.98. The van der Waals surface area contributed by atoms with Gasteiger partial charge in [0.25, 0.3) is 5.91 Å². The summed E-state index contributed by atoms with van der Waals surface area (Å²) in [6.45, 7) is 2.26. The molecule has 0 radical (unpaired) electrons. The second-order valence-electron chi connectivity index (χ2n) is 8.72. The predicted octanol–water partition coefficient (Wildman–Crippen LogP) is 5.61. The normalized spacial score (nSPS) is 10.9. The van der Waals surface area contributed by atoms with Gasteiger partial charge in [0.15, 0.2) is 17.3 Å². The topological polar surface area (TPSA) is 63.9 Å². The van der Waals surface area contributed by atoms with Crippen LogP contribution in [-0.4, -0.2) is 31.6 Å². The Balaban J connectivity index is 1.36. The first-order valence-corrected chi connectivity index (χ1v) is 12.1. The van der Waals surface area contributed by atoms with Crippen LogP contribution in [0.25, 0.3) is 0 Å². The van der Waals surface area contributed by atoms with Crippen LogP contribution in [0.4, 0.5) is 4.39 Å². The van der Waals surface area contributed by atoms with E-state index in [1.165, 1.54) is 12.1 Å². The molecule has 4 rings (SSSR count). The molecule has 0 aliphatic heterocycles. The van der Waals surface area contributed by atoms with Crippen LogP contribution in [0.15, 0.2) is 89.3 Å². The number of hydrogen-bond acceptors (Lipinski definition) is 5. The molecule has 0 saturated heterocycles. The highest BCUT2D eigenvalue weighted by atomic mass is 19.1. The van der Waals surface area contributed by atoms with E-state index in [4.69, 9.17) is 13.9 Å². The quantitative estimate of drug-likeness (QED) is 0.273. The predicted molar refractivity (Wildman–Crippen MR) is 140 cm³/mol. The first kappa shape index (κ1) is 26.0. The molecule has 0 spiro atoms. The highest BCUT2D eigenvalue weighted by Crippen LogP contribution is 2.27. The molecule has 0 fully saturated rings. The number of nitrogens with zero attached hydrogens (tertiary/aromatic N) is 1. The molecule has 0 saturated carbocycles. The minimum absolute atomic E-state index is 0.258. The van der Waals surface area contributed by atoms with E-state index in [2.05, 4.69) is 22.3 Å². The van der Waals surface area contributed by atoms with E-state index in [1.54, 1.807) is 32.4 Å². The van der Waals surface area contributed by atoms with Crippen LogP contribution < -0.4 is 14.8 Å². The summed E-state index contributed by atoms with van der Waals surface area (Å²) in [4.78, 5) is 14.9. The number of carbonyl (C=O) groups is 1. The first-order chi connectivity index (χ1) is 18.0. The summed E-state index contributed by atoms with van der Waals surface area (Å²) < 4.78 is 29.9. The molecule has 1 aromatic heterocycles. The van der Waals surface area contributed by atoms with Gasteiger partial charge in [0.05, 0.1) is 20.8 Å². The fourth-order valence-corrected chi connectivity index (χ4v) is 4.11. The van der Waals surface area contributed by atoms with Gasteiger partial charge in [0, 0.05) is 19.6 Å². The van der Waals surface area contributed by atoms with Crippen molar-refractivity contribution in [1.29, 1.82) is 0 Å². The molecule has 0 aliphatic carbocycles. The van der Waals surface area contributed by atoms with Gasteiger partial charge in [0.2, 0.25) is 0 Å². The molecule has 0 atom stereocenters. The molecule has 192 valence electrons. The zero-order valence-corrected chi connectivity index (χ0v) is 21.1. The Morgan fingerprint density at radius 3 is 2.19 bits per heavy atom. The number of halogens is 1. The molecule has 1 amide bonds. The van der Waals surface area contributed by atoms with E-state index in [0.29, 0.717) is 49.9 Å². The Bertz CT molecular complexity index is 1290. The fraction of sp³-hybridized carbons (Fsp3) is 0.233. The maximum atomic E-state index is 13.4. The van der Waals surface area contributed by atoms with E-state index in [1.807, 2.05) is 42.5 Å². The summed E-state index contributed by atoms with van der Waals surface area (Å²) in [5.41, 5.74) is 3.18. The molecule has 1 heterocycles. The second-order valence-corrected chi connectivity index (χ2v) is 8.72. The molecule has 4 aromatic rings. The van der Waals surface area contributed by atoms with Crippen molar-refractivity contribution in [2.45, 2.75) is 26.1 Å². The Kier molecular flexibility index (Phi) is 8.94. The van der Waals surface area contributed by atoms with Crippen molar-refractivity contribution in [2.75, 3.05) is 20.8 Å². The van der Waals surface area contributed by atoms with Crippen LogP contribution in [0, 0.1) is 5.82 Å². The number of amides is 1. The maximum Gasteiger partial charge on any atom is 0.287 e. The highest BCUT2D eigenvalue weighted by Gasteiger charge is 2.15. The van der Waals surface area contributed by atoms with Gasteiger partial charge in [-0.2, -0.15) is 0 Å². The molecule has 0 unspecified atom stereocenters. The van der Waals surface area contributed by atoms with Gasteiger partial charge in [-0.25, -0.2) is 4.39 Å². The lowest BCUT2D eigenvalue weighted by Gasteiger charge is -2.21. The minimum Gasteiger partial charge on any atom is -0.493 e. The molecular weight excluding hydrogens is 471 g/mol. The number of methoxy groups -OCH3 is 2. The molecule has 7 heteroatoms. The average molecular weight is 503 g/mol. The van der Waals surface area contributed by atoms with E-state index in [-0.39, 0.29) is 17.5 Å². The van der Waals surface area contributed by atoms with Gasteiger partial charge in [0.1, 0.15) is 11.6 Å². The number of carbonyl (C=O) groups excluding carboxylic acids is 1. The number of ether oxygens (including phenoxy) is 2. The lowest BCUT2D eigenvalue weighted by Crippen LogP contribution is -2.25. The van der Waals surface area contributed by atoms with Crippen molar-refractivity contribution < 1.29 is 23.1 Å². The molecule has 6 nitrogen and oxygen atoms in total. The Morgan fingerprint density at radius 2 is 1.49 bits per heavy atom. The fourth-order valence-electron chi connectivity index (χ4n) is 4.11. The summed E-state index contributed by atoms with van der Waals surface area (Å²) in [5, 5.41) is 2.91. The van der Waals surface area contributed by atoms with E-state index >= 15 is 0 Å². The Labute approximate surface area is 216 Å². The monoisotopic (exact) mass is 502 g/mol. The largest absolute Gasteiger partial charge is 0.493 e. The van der Waals surface area contributed by atoms with Crippen LogP contribution in [0.5, 0.6) is 11.5 Å². The Hall–Kier alpha value is -4.10. The van der Waals surface area contributed by atoms with Crippen LogP contribution >= 0.6 is 0 Å². The molecule has 0 aliphatic rings. The van der Waals surface area contributed by atoms with Crippen LogP contribution in [0.3, 0.4) is 0 Å². The zero-order valence-electron chi connectivity index (χ0n) is 21.1. The van der Waals surface area contributed by atoms with Crippen molar-refractivity contribution >= 4 is 5.91 Å². The smallest absolute Gasteiger partial charge is 0.287 e. The third kappa shape index (κ3) is 7.44. The molecule has 1 N–H and O–H groups in total. The van der Waals surface area contributed by atoms with Gasteiger partial charge in [-0.1, -0.05) is 48.5 Å². The molecule has 0 bridgehead atoms. The van der Waals surface area contributed by atoms with Crippen LogP contribution in [0.2, 0.25) is 0 Å². The van der Waals surface area contributed by atoms with E-state index in [9.17, 15) is 9.18 Å². The minimum atomic E-state index is -0.264. The SMILES string of the molecule is COc1ccc(CCNC(=O)c2ccc(CN(Cc3ccccc3)Cc3ccc(F)cc3)o2)cc1OC. The highest BCUT2D eigenvalue weighted by molar-refractivity contribution is 5.91. The van der Waals surface area contributed by atoms with Gasteiger partial charge in [-0.3, -0.25) is 9.69 Å². The average Bonchev–Trinajstić information content (AvgIpc) is 3.39. The third-order valence-corrected chi connectivity index (χ3v) is 5.98. The second kappa shape index (κ2) is 12.7. The van der Waals surface area contributed by atoms with Crippen molar-refractivity contribution in [3.8, 4) is 11.5 Å². The summed E-state index contributed by atoms with van der Waals surface area (Å²) in [5.74, 6) is 1.75. The molecular formula is C30H31FN2O4. The maximum absolute atomic E-state index is 13.4. The van der Waals surface area contributed by atoms with Crippen molar-refractivity contribution in [1.82, 2.24) is 10.2 Å². The molecule has 37 heavy (non-hydrogen) atoms. The molecule has 3 aromatic carbocycles. The lowest BCUT2D eigenvalue weighted by atomic mass is 10.1. The standard InChI is InChI=1S/C30H31FN2O4/c1-35-27-14-10-22(18-29(27)36-2)16-17-32-30(34)28-15-13-26(37-28)21-33(19-23-6-4-3-5-7-23)20-24-8-11-25(31)12-9-24/h3-15,18H,16-17,19-21H2,1-2H3,(H,32,34). The number of benzene rings is 3. The number of rotatable bonds is 12. The summed E-state index contributed by atoms with van der Waals surface area (Å²) >= 11 is 0. The summed E-state index contributed by atoms with van der Waals surface area (Å²) in [6, 6.07) is 25.8.